The number of carbonyl (C=O) groups excluding carboxylic acids is 1. The molecule has 5 N–H and O–H groups in total. The van der Waals surface area contributed by atoms with Crippen LogP contribution in [-0.2, 0) is 11.3 Å². The molecule has 1 amide bonds. The highest BCUT2D eigenvalue weighted by Gasteiger charge is 2.20. The molecule has 0 saturated carbocycles. The molecule has 0 aromatic heterocycles. The Morgan fingerprint density at radius 2 is 1.75 bits per heavy atom. The van der Waals surface area contributed by atoms with E-state index in [1.54, 1.807) is 12.1 Å². The summed E-state index contributed by atoms with van der Waals surface area (Å²) < 4.78 is 5.43. The van der Waals surface area contributed by atoms with Crippen LogP contribution in [-0.4, -0.2) is 52.6 Å². The topological polar surface area (TPSA) is 111 Å². The third kappa shape index (κ3) is 7.56. The van der Waals surface area contributed by atoms with Crippen LogP contribution >= 0.6 is 0 Å². The summed E-state index contributed by atoms with van der Waals surface area (Å²) in [6, 6.07) is 13.2. The molecule has 0 radical (unpaired) electrons. The van der Waals surface area contributed by atoms with Gasteiger partial charge in [0.05, 0.1) is 19.3 Å². The van der Waals surface area contributed by atoms with Crippen molar-refractivity contribution in [1.29, 1.82) is 0 Å². The number of benzene rings is 2. The summed E-state index contributed by atoms with van der Waals surface area (Å²) in [6.07, 6.45) is -0.741. The summed E-state index contributed by atoms with van der Waals surface area (Å²) in [5.74, 6) is -0.228. The minimum absolute atomic E-state index is 0.0416. The number of aromatic hydroxyl groups is 2. The maximum absolute atomic E-state index is 12.1. The van der Waals surface area contributed by atoms with Crippen molar-refractivity contribution in [2.24, 2.45) is 0 Å². The van der Waals surface area contributed by atoms with Gasteiger partial charge in [-0.05, 0) is 43.7 Å². The Morgan fingerprint density at radius 3 is 2.39 bits per heavy atom. The van der Waals surface area contributed by atoms with E-state index < -0.39 is 11.6 Å². The molecule has 1 atom stereocenters. The van der Waals surface area contributed by atoms with Crippen molar-refractivity contribution in [3.8, 4) is 11.5 Å². The highest BCUT2D eigenvalue weighted by Crippen LogP contribution is 2.20. The number of carbonyl (C=O) groups is 1. The fourth-order valence-corrected chi connectivity index (χ4v) is 2.56. The fourth-order valence-electron chi connectivity index (χ4n) is 2.56. The van der Waals surface area contributed by atoms with Crippen LogP contribution in [0.4, 0.5) is 0 Å². The van der Waals surface area contributed by atoms with E-state index >= 15 is 0 Å². The number of amides is 1. The second-order valence-electron chi connectivity index (χ2n) is 7.34. The lowest BCUT2D eigenvalue weighted by molar-refractivity contribution is 0.0256. The quantitative estimate of drug-likeness (QED) is 0.424. The van der Waals surface area contributed by atoms with Crippen molar-refractivity contribution in [1.82, 2.24) is 10.6 Å². The molecule has 2 aromatic rings. The molecule has 7 heteroatoms. The van der Waals surface area contributed by atoms with E-state index in [1.165, 1.54) is 18.2 Å². The molecule has 0 aliphatic carbocycles. The first-order chi connectivity index (χ1) is 13.2. The van der Waals surface area contributed by atoms with Crippen molar-refractivity contribution in [2.45, 2.75) is 32.1 Å². The van der Waals surface area contributed by atoms with Gasteiger partial charge in [0.15, 0.2) is 0 Å². The molecule has 0 aliphatic heterocycles. The van der Waals surface area contributed by atoms with Gasteiger partial charge in [0, 0.05) is 30.3 Å². The molecule has 0 fully saturated rings. The Morgan fingerprint density at radius 1 is 1.11 bits per heavy atom. The molecule has 1 unspecified atom stereocenters. The number of hydrogen-bond donors (Lipinski definition) is 5. The summed E-state index contributed by atoms with van der Waals surface area (Å²) in [6.45, 7) is 4.81. The molecule has 0 spiro atoms. The standard InChI is InChI=1S/C21H28N2O5/c1-21(2,14-22-20(27)16-6-4-3-5-7-16)23-11-19(26)13-28-12-15-8-17(24)10-18(25)9-15/h3-10,19,23-26H,11-14H2,1-2H3,(H,22,27). The predicted molar refractivity (Wildman–Crippen MR) is 106 cm³/mol. The number of aliphatic hydroxyl groups is 1. The molecule has 28 heavy (non-hydrogen) atoms. The van der Waals surface area contributed by atoms with Crippen molar-refractivity contribution in [3.05, 3.63) is 59.7 Å². The Balaban J connectivity index is 1.68. The molecule has 0 saturated heterocycles. The Labute approximate surface area is 165 Å². The zero-order chi connectivity index (χ0) is 20.6. The second-order valence-corrected chi connectivity index (χ2v) is 7.34. The van der Waals surface area contributed by atoms with E-state index in [4.69, 9.17) is 4.74 Å². The lowest BCUT2D eigenvalue weighted by Gasteiger charge is -2.28. The molecule has 0 aliphatic rings. The van der Waals surface area contributed by atoms with Crippen LogP contribution in [0.1, 0.15) is 29.8 Å². The van der Waals surface area contributed by atoms with E-state index in [2.05, 4.69) is 10.6 Å². The monoisotopic (exact) mass is 388 g/mol. The van der Waals surface area contributed by atoms with Crippen LogP contribution in [0.2, 0.25) is 0 Å². The number of β-amino-alcohol motifs (C(OH)–C–C–N with tert-alkyl or cyclic N) is 1. The van der Waals surface area contributed by atoms with Gasteiger partial charge < -0.3 is 30.7 Å². The summed E-state index contributed by atoms with van der Waals surface area (Å²) in [5.41, 5.74) is 0.800. The van der Waals surface area contributed by atoms with Gasteiger partial charge in [-0.25, -0.2) is 0 Å². The largest absolute Gasteiger partial charge is 0.508 e. The smallest absolute Gasteiger partial charge is 0.251 e. The van der Waals surface area contributed by atoms with Crippen LogP contribution in [0, 0.1) is 0 Å². The van der Waals surface area contributed by atoms with Crippen LogP contribution in [0.15, 0.2) is 48.5 Å². The number of aliphatic hydroxyl groups excluding tert-OH is 1. The van der Waals surface area contributed by atoms with E-state index in [0.717, 1.165) is 0 Å². The van der Waals surface area contributed by atoms with Gasteiger partial charge in [-0.3, -0.25) is 4.79 Å². The van der Waals surface area contributed by atoms with Gasteiger partial charge >= 0.3 is 0 Å². The zero-order valence-electron chi connectivity index (χ0n) is 16.2. The minimum atomic E-state index is -0.741. The molecule has 0 bridgehead atoms. The normalized spacial score (nSPS) is 12.5. The van der Waals surface area contributed by atoms with E-state index in [0.29, 0.717) is 24.2 Å². The SMILES string of the molecule is CC(C)(CNC(=O)c1ccccc1)NCC(O)COCc1cc(O)cc(O)c1. The van der Waals surface area contributed by atoms with Crippen LogP contribution < -0.4 is 10.6 Å². The third-order valence-electron chi connectivity index (χ3n) is 4.08. The first-order valence-electron chi connectivity index (χ1n) is 9.11. The Kier molecular flexibility index (Phi) is 7.80. The average molecular weight is 388 g/mol. The van der Waals surface area contributed by atoms with Gasteiger partial charge in [0.1, 0.15) is 11.5 Å². The molecular formula is C21H28N2O5. The highest BCUT2D eigenvalue weighted by atomic mass is 16.5. The van der Waals surface area contributed by atoms with Crippen LogP contribution in [0.5, 0.6) is 11.5 Å². The van der Waals surface area contributed by atoms with E-state index in [9.17, 15) is 20.1 Å². The Bertz CT molecular complexity index is 744. The van der Waals surface area contributed by atoms with Crippen molar-refractivity contribution < 1.29 is 24.9 Å². The van der Waals surface area contributed by atoms with Gasteiger partial charge in [-0.2, -0.15) is 0 Å². The molecule has 7 nitrogen and oxygen atoms in total. The molecule has 152 valence electrons. The van der Waals surface area contributed by atoms with Gasteiger partial charge in [0.2, 0.25) is 0 Å². The number of phenolic OH excluding ortho intramolecular Hbond substituents is 2. The Hall–Kier alpha value is -2.61. The molecule has 2 aromatic carbocycles. The third-order valence-corrected chi connectivity index (χ3v) is 4.08. The maximum atomic E-state index is 12.1. The molecule has 0 heterocycles. The van der Waals surface area contributed by atoms with E-state index in [-0.39, 0.29) is 30.6 Å². The highest BCUT2D eigenvalue weighted by molar-refractivity contribution is 5.94. The van der Waals surface area contributed by atoms with Crippen molar-refractivity contribution in [2.75, 3.05) is 19.7 Å². The first-order valence-corrected chi connectivity index (χ1v) is 9.11. The number of phenols is 2. The molecule has 2 rings (SSSR count). The van der Waals surface area contributed by atoms with Crippen molar-refractivity contribution in [3.63, 3.8) is 0 Å². The summed E-state index contributed by atoms with van der Waals surface area (Å²) >= 11 is 0. The number of ether oxygens (including phenoxy) is 1. The van der Waals surface area contributed by atoms with Gasteiger partial charge in [-0.1, -0.05) is 18.2 Å². The van der Waals surface area contributed by atoms with Crippen LogP contribution in [0.3, 0.4) is 0 Å². The maximum Gasteiger partial charge on any atom is 0.251 e. The zero-order valence-corrected chi connectivity index (χ0v) is 16.2. The predicted octanol–water partition coefficient (Wildman–Crippen LogP) is 1.77. The lowest BCUT2D eigenvalue weighted by Crippen LogP contribution is -2.51. The summed E-state index contributed by atoms with van der Waals surface area (Å²) in [5, 5.41) is 35.0. The van der Waals surface area contributed by atoms with Gasteiger partial charge in [0.25, 0.3) is 5.91 Å². The lowest BCUT2D eigenvalue weighted by atomic mass is 10.0. The number of rotatable bonds is 10. The number of hydrogen-bond acceptors (Lipinski definition) is 6. The van der Waals surface area contributed by atoms with Crippen LogP contribution in [0.25, 0.3) is 0 Å². The fraction of sp³-hybridized carbons (Fsp3) is 0.381. The van der Waals surface area contributed by atoms with E-state index in [1.807, 2.05) is 32.0 Å². The summed E-state index contributed by atoms with van der Waals surface area (Å²) in [4.78, 5) is 12.1. The van der Waals surface area contributed by atoms with Gasteiger partial charge in [-0.15, -0.1) is 0 Å². The second kappa shape index (κ2) is 10.1. The number of nitrogens with one attached hydrogen (secondary N) is 2. The van der Waals surface area contributed by atoms with Crippen molar-refractivity contribution >= 4 is 5.91 Å². The summed E-state index contributed by atoms with van der Waals surface area (Å²) in [7, 11) is 0. The minimum Gasteiger partial charge on any atom is -0.508 e. The first kappa shape index (κ1) is 21.7. The molecular weight excluding hydrogens is 360 g/mol. The average Bonchev–Trinajstić information content (AvgIpc) is 2.65.